The van der Waals surface area contributed by atoms with E-state index in [1.807, 2.05) is 54.9 Å². The molecule has 37 heavy (non-hydrogen) atoms. The smallest absolute Gasteiger partial charge is 0.125 e. The molecule has 0 N–H and O–H groups in total. The normalized spacial score (nSPS) is 14.5. The fraction of sp³-hybridized carbons (Fsp3) is 0.643. The number of nitrogens with zero attached hydrogens (tertiary/aromatic N) is 4. The standard InChI is InChI=1S/C28H48N4S5/c1-9-29(10-2)25(30(11-3)12-4)27-33-21-23-17-19-24(20-18-23)22-34-28(36-37-35-27)26(31(13-5)14-6)32(15-7)16-8/h17-20H,9-16,21-22H2,1-8H3. The van der Waals surface area contributed by atoms with Crippen molar-refractivity contribution in [1.29, 1.82) is 0 Å². The van der Waals surface area contributed by atoms with E-state index >= 15 is 0 Å². The fourth-order valence-electron chi connectivity index (χ4n) is 4.37. The summed E-state index contributed by atoms with van der Waals surface area (Å²) >= 11 is 4.00. The van der Waals surface area contributed by atoms with Crippen LogP contribution in [-0.2, 0) is 11.5 Å². The highest BCUT2D eigenvalue weighted by Gasteiger charge is 2.23. The van der Waals surface area contributed by atoms with Crippen LogP contribution >= 0.6 is 54.9 Å². The fourth-order valence-corrected chi connectivity index (χ4v) is 12.4. The molecule has 2 heterocycles. The van der Waals surface area contributed by atoms with Crippen molar-refractivity contribution in [3.63, 3.8) is 0 Å². The lowest BCUT2D eigenvalue weighted by Gasteiger charge is -2.36. The maximum atomic E-state index is 2.54. The molecular formula is C28H48N4S5. The molecule has 0 atom stereocenters. The lowest BCUT2D eigenvalue weighted by Crippen LogP contribution is -2.36. The highest BCUT2D eigenvalue weighted by atomic mass is 33.5. The molecule has 0 saturated carbocycles. The van der Waals surface area contributed by atoms with Gasteiger partial charge in [0.05, 0.1) is 8.47 Å². The summed E-state index contributed by atoms with van der Waals surface area (Å²) < 4.78 is 2.84. The summed E-state index contributed by atoms with van der Waals surface area (Å²) in [5, 5.41) is 0. The predicted octanol–water partition coefficient (Wildman–Crippen LogP) is 8.82. The van der Waals surface area contributed by atoms with Crippen LogP contribution in [0.25, 0.3) is 0 Å². The Morgan fingerprint density at radius 1 is 0.514 bits per heavy atom. The van der Waals surface area contributed by atoms with E-state index in [4.69, 9.17) is 0 Å². The molecule has 0 aliphatic carbocycles. The van der Waals surface area contributed by atoms with E-state index in [9.17, 15) is 0 Å². The first-order chi connectivity index (χ1) is 18.0. The third kappa shape index (κ3) is 9.37. The van der Waals surface area contributed by atoms with Crippen LogP contribution in [0.5, 0.6) is 0 Å². The molecule has 0 radical (unpaired) electrons. The van der Waals surface area contributed by atoms with Crippen molar-refractivity contribution >= 4 is 54.9 Å². The zero-order valence-corrected chi connectivity index (χ0v) is 28.3. The van der Waals surface area contributed by atoms with Crippen LogP contribution in [-0.4, -0.2) is 72.0 Å². The molecular weight excluding hydrogens is 553 g/mol. The summed E-state index contributed by atoms with van der Waals surface area (Å²) in [5.74, 6) is 4.80. The molecule has 210 valence electrons. The zero-order chi connectivity index (χ0) is 27.2. The SMILES string of the molecule is CCN(CC)C(=C1SCc2ccc(cc2)CSC(=C(N(CC)CC)N(CC)CC)SSS1)N(CC)CC. The average molecular weight is 601 g/mol. The highest BCUT2D eigenvalue weighted by Crippen LogP contribution is 2.53. The van der Waals surface area contributed by atoms with Crippen molar-refractivity contribution in [2.24, 2.45) is 0 Å². The topological polar surface area (TPSA) is 13.0 Å². The van der Waals surface area contributed by atoms with E-state index < -0.39 is 0 Å². The van der Waals surface area contributed by atoms with Gasteiger partial charge in [-0.25, -0.2) is 0 Å². The van der Waals surface area contributed by atoms with Crippen molar-refractivity contribution in [2.45, 2.75) is 66.9 Å². The van der Waals surface area contributed by atoms with Gasteiger partial charge in [0, 0.05) is 63.9 Å². The molecule has 3 rings (SSSR count). The maximum absolute atomic E-state index is 2.54. The molecule has 2 aliphatic heterocycles. The molecule has 1 aromatic carbocycles. The van der Waals surface area contributed by atoms with Crippen molar-refractivity contribution in [3.8, 4) is 0 Å². The minimum Gasteiger partial charge on any atom is -0.357 e. The Morgan fingerprint density at radius 3 is 1.03 bits per heavy atom. The number of thioether (sulfide) groups is 2. The monoisotopic (exact) mass is 600 g/mol. The second kappa shape index (κ2) is 18.1. The van der Waals surface area contributed by atoms with Crippen molar-refractivity contribution in [1.82, 2.24) is 19.6 Å². The molecule has 2 bridgehead atoms. The Morgan fingerprint density at radius 2 is 0.784 bits per heavy atom. The van der Waals surface area contributed by atoms with Gasteiger partial charge >= 0.3 is 0 Å². The minimum absolute atomic E-state index is 1.000. The van der Waals surface area contributed by atoms with Gasteiger partial charge in [0.1, 0.15) is 11.6 Å². The van der Waals surface area contributed by atoms with Gasteiger partial charge in [-0.05, 0) is 97.9 Å². The van der Waals surface area contributed by atoms with Gasteiger partial charge in [-0.15, -0.1) is 23.5 Å². The van der Waals surface area contributed by atoms with Crippen LogP contribution in [0, 0.1) is 0 Å². The molecule has 0 unspecified atom stereocenters. The van der Waals surface area contributed by atoms with Crippen molar-refractivity contribution in [2.75, 3.05) is 52.4 Å². The summed E-state index contributed by atoms with van der Waals surface area (Å²) in [7, 11) is 5.85. The first-order valence-electron chi connectivity index (χ1n) is 13.8. The summed E-state index contributed by atoms with van der Waals surface area (Å²) in [5.41, 5.74) is 2.80. The highest BCUT2D eigenvalue weighted by molar-refractivity contribution is 9.12. The van der Waals surface area contributed by atoms with E-state index in [-0.39, 0.29) is 0 Å². The zero-order valence-electron chi connectivity index (χ0n) is 24.2. The van der Waals surface area contributed by atoms with Gasteiger partial charge in [0.15, 0.2) is 0 Å². The third-order valence-corrected chi connectivity index (χ3v) is 13.7. The van der Waals surface area contributed by atoms with Crippen LogP contribution in [0.15, 0.2) is 44.4 Å². The minimum atomic E-state index is 1.000. The molecule has 0 saturated heterocycles. The Hall–Kier alpha value is -0.350. The molecule has 9 heteroatoms. The third-order valence-electron chi connectivity index (χ3n) is 6.60. The van der Waals surface area contributed by atoms with Crippen molar-refractivity contribution in [3.05, 3.63) is 55.5 Å². The van der Waals surface area contributed by atoms with Gasteiger partial charge in [0.2, 0.25) is 0 Å². The average Bonchev–Trinajstić information content (AvgIpc) is 2.96. The Balaban J connectivity index is 2.62. The van der Waals surface area contributed by atoms with Crippen molar-refractivity contribution < 1.29 is 0 Å². The van der Waals surface area contributed by atoms with Crippen LogP contribution in [0.3, 0.4) is 0 Å². The molecule has 0 spiro atoms. The number of rotatable bonds is 12. The van der Waals surface area contributed by atoms with E-state index in [2.05, 4.69) is 99.3 Å². The van der Waals surface area contributed by atoms with Gasteiger partial charge < -0.3 is 19.6 Å². The van der Waals surface area contributed by atoms with E-state index in [1.165, 1.54) is 31.2 Å². The van der Waals surface area contributed by atoms with Gasteiger partial charge in [-0.2, -0.15) is 0 Å². The first kappa shape index (κ1) is 32.9. The Kier molecular flexibility index (Phi) is 16.1. The van der Waals surface area contributed by atoms with Crippen LogP contribution in [0.2, 0.25) is 0 Å². The van der Waals surface area contributed by atoms with Gasteiger partial charge in [-0.3, -0.25) is 0 Å². The first-order valence-corrected chi connectivity index (χ1v) is 19.3. The molecule has 2 aliphatic rings. The summed E-state index contributed by atoms with van der Waals surface area (Å²) in [6, 6.07) is 9.32. The van der Waals surface area contributed by atoms with Gasteiger partial charge in [-0.1, -0.05) is 24.3 Å². The molecule has 0 amide bonds. The Bertz CT molecular complexity index is 746. The van der Waals surface area contributed by atoms with Gasteiger partial charge in [0.25, 0.3) is 0 Å². The number of benzene rings is 1. The predicted molar refractivity (Wildman–Crippen MR) is 178 cm³/mol. The van der Waals surface area contributed by atoms with Crippen LogP contribution < -0.4 is 0 Å². The molecule has 0 aromatic heterocycles. The van der Waals surface area contributed by atoms with Crippen LogP contribution in [0.4, 0.5) is 0 Å². The largest absolute Gasteiger partial charge is 0.357 e. The summed E-state index contributed by atoms with van der Waals surface area (Å²) in [6.45, 7) is 26.4. The van der Waals surface area contributed by atoms with Crippen LogP contribution in [0.1, 0.15) is 66.5 Å². The molecule has 1 aromatic rings. The molecule has 4 nitrogen and oxygen atoms in total. The van der Waals surface area contributed by atoms with E-state index in [0.29, 0.717) is 0 Å². The number of fused-ring (bicyclic) bond motifs is 10. The maximum Gasteiger partial charge on any atom is 0.125 e. The lowest BCUT2D eigenvalue weighted by atomic mass is 10.2. The lowest BCUT2D eigenvalue weighted by molar-refractivity contribution is 0.235. The number of hydrogen-bond acceptors (Lipinski definition) is 9. The second-order valence-corrected chi connectivity index (χ2v) is 14.9. The second-order valence-electron chi connectivity index (χ2n) is 8.54. The summed E-state index contributed by atoms with van der Waals surface area (Å²) in [6.07, 6.45) is 0. The summed E-state index contributed by atoms with van der Waals surface area (Å²) in [4.78, 5) is 10.2. The number of hydrogen-bond donors (Lipinski definition) is 0. The Labute approximate surface area is 248 Å². The van der Waals surface area contributed by atoms with E-state index in [1.54, 1.807) is 0 Å². The molecule has 0 fully saturated rings. The van der Waals surface area contributed by atoms with E-state index in [0.717, 1.165) is 63.9 Å². The quantitative estimate of drug-likeness (QED) is 0.216.